The first-order valence-electron chi connectivity index (χ1n) is 5.63. The highest BCUT2D eigenvalue weighted by Gasteiger charge is 2.35. The summed E-state index contributed by atoms with van der Waals surface area (Å²) in [5, 5.41) is 20.6. The summed E-state index contributed by atoms with van der Waals surface area (Å²) in [6.07, 6.45) is 1.44. The highest BCUT2D eigenvalue weighted by Crippen LogP contribution is 2.40. The quantitative estimate of drug-likeness (QED) is 0.685. The van der Waals surface area contributed by atoms with Crippen LogP contribution in [0.3, 0.4) is 0 Å². The van der Waals surface area contributed by atoms with Gasteiger partial charge in [-0.05, 0) is 12.1 Å². The molecule has 1 amide bonds. The Hall–Kier alpha value is -2.63. The number of phenols is 2. The summed E-state index contributed by atoms with van der Waals surface area (Å²) in [6.45, 7) is -0.120. The number of nitrogens with zero attached hydrogens (tertiary/aromatic N) is 2. The van der Waals surface area contributed by atoms with Crippen LogP contribution in [0.2, 0.25) is 0 Å². The van der Waals surface area contributed by atoms with Crippen molar-refractivity contribution in [3.8, 4) is 11.5 Å². The second-order valence-electron chi connectivity index (χ2n) is 4.43. The zero-order valence-electron chi connectivity index (χ0n) is 10.0. The topological polar surface area (TPSA) is 90.7 Å². The van der Waals surface area contributed by atoms with Gasteiger partial charge in [0.05, 0.1) is 17.7 Å². The molecule has 0 saturated heterocycles. The number of rotatable bonds is 0. The fourth-order valence-corrected chi connectivity index (χ4v) is 2.31. The number of likely N-dealkylation sites (N-methyl/N-ethyl adjacent to an activating group) is 1. The van der Waals surface area contributed by atoms with Gasteiger partial charge in [0.15, 0.2) is 11.5 Å². The molecule has 2 heterocycles. The Balaban J connectivity index is 2.51. The Bertz CT molecular complexity index is 739. The molecule has 1 aliphatic rings. The lowest BCUT2D eigenvalue weighted by Gasteiger charge is -2.25. The molecule has 0 aliphatic carbocycles. The molecule has 1 aliphatic heterocycles. The fourth-order valence-electron chi connectivity index (χ4n) is 2.31. The second kappa shape index (κ2) is 3.68. The first kappa shape index (κ1) is 11.5. The van der Waals surface area contributed by atoms with Crippen molar-refractivity contribution in [2.75, 3.05) is 13.6 Å². The lowest BCUT2D eigenvalue weighted by molar-refractivity contribution is 0.0714. The molecule has 6 nitrogen and oxygen atoms in total. The van der Waals surface area contributed by atoms with E-state index in [1.165, 1.54) is 24.2 Å². The van der Waals surface area contributed by atoms with Gasteiger partial charge in [0, 0.05) is 18.6 Å². The molecule has 1 aromatic heterocycles. The van der Waals surface area contributed by atoms with Crippen LogP contribution < -0.4 is 0 Å². The molecule has 19 heavy (non-hydrogen) atoms. The number of pyridine rings is 1. The summed E-state index contributed by atoms with van der Waals surface area (Å²) < 4.78 is 0. The summed E-state index contributed by atoms with van der Waals surface area (Å²) in [4.78, 5) is 29.2. The van der Waals surface area contributed by atoms with Crippen molar-refractivity contribution in [2.45, 2.75) is 0 Å². The number of carbonyl (C=O) groups excluding carboxylic acids is 2. The number of hydrogen-bond donors (Lipinski definition) is 2. The van der Waals surface area contributed by atoms with Crippen LogP contribution in [0.5, 0.6) is 11.5 Å². The van der Waals surface area contributed by atoms with E-state index in [-0.39, 0.29) is 40.1 Å². The van der Waals surface area contributed by atoms with E-state index in [1.54, 1.807) is 6.07 Å². The van der Waals surface area contributed by atoms with Crippen LogP contribution in [0.25, 0.3) is 10.9 Å². The van der Waals surface area contributed by atoms with Gasteiger partial charge in [0.25, 0.3) is 5.91 Å². The number of ketones is 1. The molecule has 6 heteroatoms. The van der Waals surface area contributed by atoms with Crippen LogP contribution in [0.4, 0.5) is 0 Å². The Labute approximate surface area is 107 Å². The predicted molar refractivity (Wildman–Crippen MR) is 66.4 cm³/mol. The summed E-state index contributed by atoms with van der Waals surface area (Å²) >= 11 is 0. The smallest absolute Gasteiger partial charge is 0.258 e. The molecule has 2 aromatic rings. The molecular formula is C13H10N2O4. The Kier molecular flexibility index (Phi) is 2.22. The van der Waals surface area contributed by atoms with E-state index < -0.39 is 11.7 Å². The normalized spacial score (nSPS) is 14.9. The molecule has 0 fully saturated rings. The molecule has 0 saturated carbocycles. The third-order valence-electron chi connectivity index (χ3n) is 3.23. The van der Waals surface area contributed by atoms with Gasteiger partial charge in [-0.2, -0.15) is 0 Å². The average molecular weight is 258 g/mol. The van der Waals surface area contributed by atoms with Crippen molar-refractivity contribution in [2.24, 2.45) is 0 Å². The number of phenolic OH excluding ortho intramolecular Hbond substituents is 2. The van der Waals surface area contributed by atoms with Crippen molar-refractivity contribution >= 4 is 22.6 Å². The minimum absolute atomic E-state index is 0.107. The number of aromatic hydroxyl groups is 2. The van der Waals surface area contributed by atoms with E-state index in [2.05, 4.69) is 4.98 Å². The maximum atomic E-state index is 12.1. The van der Waals surface area contributed by atoms with Crippen molar-refractivity contribution in [1.29, 1.82) is 0 Å². The number of aromatic nitrogens is 1. The molecular weight excluding hydrogens is 248 g/mol. The summed E-state index contributed by atoms with van der Waals surface area (Å²) in [6, 6.07) is 3.11. The van der Waals surface area contributed by atoms with E-state index in [4.69, 9.17) is 0 Å². The predicted octanol–water partition coefficient (Wildman–Crippen LogP) is 0.914. The molecule has 2 N–H and O–H groups in total. The van der Waals surface area contributed by atoms with Gasteiger partial charge in [-0.3, -0.25) is 14.6 Å². The van der Waals surface area contributed by atoms with Crippen molar-refractivity contribution < 1.29 is 19.8 Å². The van der Waals surface area contributed by atoms with Gasteiger partial charge in [-0.15, -0.1) is 0 Å². The highest BCUT2D eigenvalue weighted by molar-refractivity contribution is 6.20. The number of amides is 1. The molecule has 1 aromatic carbocycles. The number of hydrogen-bond acceptors (Lipinski definition) is 5. The van der Waals surface area contributed by atoms with Gasteiger partial charge in [0.1, 0.15) is 11.3 Å². The van der Waals surface area contributed by atoms with Crippen LogP contribution in [0.1, 0.15) is 20.7 Å². The SMILES string of the molecule is CN1CC(=O)c2c(c(O)c3ncccc3c2O)C1=O. The Morgan fingerprint density at radius 3 is 2.68 bits per heavy atom. The lowest BCUT2D eigenvalue weighted by Crippen LogP contribution is -2.38. The standard InChI is InChI=1S/C13H10N2O4/c1-15-5-7(16)8-9(13(15)19)12(18)10-6(11(8)17)3-2-4-14-10/h2-4,17-18H,5H2,1H3. The Morgan fingerprint density at radius 1 is 1.21 bits per heavy atom. The minimum Gasteiger partial charge on any atom is -0.506 e. The number of Topliss-reactive ketones (excluding diaryl/α,β-unsaturated/α-hetero) is 1. The van der Waals surface area contributed by atoms with Crippen LogP contribution in [0.15, 0.2) is 18.3 Å². The van der Waals surface area contributed by atoms with Gasteiger partial charge in [0.2, 0.25) is 0 Å². The molecule has 0 spiro atoms. The van der Waals surface area contributed by atoms with Crippen LogP contribution in [-0.4, -0.2) is 45.4 Å². The zero-order valence-corrected chi connectivity index (χ0v) is 10.0. The Morgan fingerprint density at radius 2 is 1.95 bits per heavy atom. The minimum atomic E-state index is -0.505. The van der Waals surface area contributed by atoms with Crippen LogP contribution in [0, 0.1) is 0 Å². The lowest BCUT2D eigenvalue weighted by atomic mass is 9.93. The van der Waals surface area contributed by atoms with E-state index in [0.29, 0.717) is 0 Å². The van der Waals surface area contributed by atoms with E-state index in [0.717, 1.165) is 0 Å². The monoisotopic (exact) mass is 258 g/mol. The van der Waals surface area contributed by atoms with Crippen molar-refractivity contribution in [3.63, 3.8) is 0 Å². The summed E-state index contributed by atoms with van der Waals surface area (Å²) in [7, 11) is 1.46. The van der Waals surface area contributed by atoms with Crippen molar-refractivity contribution in [1.82, 2.24) is 9.88 Å². The molecule has 0 atom stereocenters. The maximum Gasteiger partial charge on any atom is 0.258 e. The summed E-state index contributed by atoms with van der Waals surface area (Å²) in [5.74, 6) is -1.58. The molecule has 96 valence electrons. The van der Waals surface area contributed by atoms with Gasteiger partial charge >= 0.3 is 0 Å². The number of carbonyl (C=O) groups is 2. The van der Waals surface area contributed by atoms with E-state index in [9.17, 15) is 19.8 Å². The molecule has 0 unspecified atom stereocenters. The third kappa shape index (κ3) is 1.40. The summed E-state index contributed by atoms with van der Waals surface area (Å²) in [5.41, 5.74) is -0.196. The molecule has 0 bridgehead atoms. The van der Waals surface area contributed by atoms with Crippen molar-refractivity contribution in [3.05, 3.63) is 29.5 Å². The van der Waals surface area contributed by atoms with Crippen LogP contribution >= 0.6 is 0 Å². The molecule has 3 rings (SSSR count). The van der Waals surface area contributed by atoms with Gasteiger partial charge in [-0.25, -0.2) is 0 Å². The number of fused-ring (bicyclic) bond motifs is 2. The highest BCUT2D eigenvalue weighted by atomic mass is 16.3. The van der Waals surface area contributed by atoms with Gasteiger partial charge in [-0.1, -0.05) is 0 Å². The molecule has 0 radical (unpaired) electrons. The van der Waals surface area contributed by atoms with E-state index >= 15 is 0 Å². The fraction of sp³-hybridized carbons (Fsp3) is 0.154. The number of benzene rings is 1. The third-order valence-corrected chi connectivity index (χ3v) is 3.23. The average Bonchev–Trinajstić information content (AvgIpc) is 2.40. The zero-order chi connectivity index (χ0) is 13.7. The maximum absolute atomic E-state index is 12.1. The van der Waals surface area contributed by atoms with Crippen LogP contribution in [-0.2, 0) is 0 Å². The largest absolute Gasteiger partial charge is 0.506 e. The first-order valence-corrected chi connectivity index (χ1v) is 5.63. The van der Waals surface area contributed by atoms with Gasteiger partial charge < -0.3 is 15.1 Å². The first-order chi connectivity index (χ1) is 9.02. The van der Waals surface area contributed by atoms with E-state index in [1.807, 2.05) is 0 Å². The second-order valence-corrected chi connectivity index (χ2v) is 4.43.